The van der Waals surface area contributed by atoms with E-state index in [9.17, 15) is 12.8 Å². The van der Waals surface area contributed by atoms with E-state index in [1.807, 2.05) is 13.0 Å². The number of halogens is 1. The lowest BCUT2D eigenvalue weighted by atomic mass is 10.2. The van der Waals surface area contributed by atoms with Gasteiger partial charge in [-0.3, -0.25) is 4.72 Å². The van der Waals surface area contributed by atoms with E-state index in [4.69, 9.17) is 0 Å². The van der Waals surface area contributed by atoms with Gasteiger partial charge in [-0.2, -0.15) is 4.98 Å². The lowest BCUT2D eigenvalue weighted by Gasteiger charge is -2.17. The predicted octanol–water partition coefficient (Wildman–Crippen LogP) is 4.38. The highest BCUT2D eigenvalue weighted by atomic mass is 32.2. The fourth-order valence-corrected chi connectivity index (χ4v) is 4.88. The number of hydrogen-bond donors (Lipinski definition) is 2. The average molecular weight is 442 g/mol. The van der Waals surface area contributed by atoms with Crippen LogP contribution in [0.1, 0.15) is 24.1 Å². The third kappa shape index (κ3) is 4.93. The summed E-state index contributed by atoms with van der Waals surface area (Å²) in [6.45, 7) is 5.49. The third-order valence-corrected chi connectivity index (χ3v) is 6.63. The van der Waals surface area contributed by atoms with Crippen LogP contribution < -0.4 is 14.9 Å². The second-order valence-electron chi connectivity index (χ2n) is 7.60. The molecule has 2 aromatic carbocycles. The van der Waals surface area contributed by atoms with Crippen LogP contribution in [0, 0.1) is 19.7 Å². The molecule has 1 aliphatic heterocycles. The maximum absolute atomic E-state index is 13.3. The highest BCUT2D eigenvalue weighted by Gasteiger charge is 2.18. The number of sulfonamides is 1. The van der Waals surface area contributed by atoms with E-state index in [0.717, 1.165) is 36.4 Å². The maximum atomic E-state index is 13.3. The Bertz CT molecular complexity index is 1190. The van der Waals surface area contributed by atoms with Gasteiger partial charge in [0.2, 0.25) is 5.95 Å². The molecule has 4 rings (SSSR count). The van der Waals surface area contributed by atoms with Crippen molar-refractivity contribution < 1.29 is 12.8 Å². The van der Waals surface area contributed by atoms with Crippen LogP contribution in [-0.2, 0) is 10.0 Å². The zero-order valence-electron chi connectivity index (χ0n) is 17.4. The van der Waals surface area contributed by atoms with Crippen molar-refractivity contribution in [3.8, 4) is 0 Å². The van der Waals surface area contributed by atoms with Gasteiger partial charge < -0.3 is 10.2 Å². The molecular formula is C22H24FN5O2S. The third-order valence-electron chi connectivity index (χ3n) is 5.09. The number of rotatable bonds is 6. The van der Waals surface area contributed by atoms with E-state index < -0.39 is 15.8 Å². The number of aromatic nitrogens is 2. The Morgan fingerprint density at radius 3 is 2.29 bits per heavy atom. The molecule has 0 saturated carbocycles. The molecule has 1 fully saturated rings. The number of nitrogens with zero attached hydrogens (tertiary/aromatic N) is 3. The summed E-state index contributed by atoms with van der Waals surface area (Å²) in [5.74, 6) is 0.932. The molecule has 0 amide bonds. The lowest BCUT2D eigenvalue weighted by molar-refractivity contribution is 0.598. The molecule has 0 aliphatic carbocycles. The molecule has 31 heavy (non-hydrogen) atoms. The van der Waals surface area contributed by atoms with Crippen molar-refractivity contribution in [2.24, 2.45) is 0 Å². The fraction of sp³-hybridized carbons (Fsp3) is 0.273. The standard InChI is InChI=1S/C22H24FN5O2S/c1-15-13-17(23)5-10-20(15)31(29,30)27-19-8-6-18(7-9-19)25-22-24-16(2)14-21(26-22)28-11-3-4-12-28/h5-10,13-14,27H,3-4,11-12H2,1-2H3,(H,24,25,26). The minimum atomic E-state index is -3.82. The molecule has 0 bridgehead atoms. The monoisotopic (exact) mass is 441 g/mol. The van der Waals surface area contributed by atoms with Gasteiger partial charge in [-0.05, 0) is 74.7 Å². The van der Waals surface area contributed by atoms with E-state index in [1.54, 1.807) is 31.2 Å². The summed E-state index contributed by atoms with van der Waals surface area (Å²) in [5, 5.41) is 3.18. The molecule has 0 spiro atoms. The summed E-state index contributed by atoms with van der Waals surface area (Å²) < 4.78 is 41.1. The second-order valence-corrected chi connectivity index (χ2v) is 9.25. The van der Waals surface area contributed by atoms with Crippen LogP contribution >= 0.6 is 0 Å². The SMILES string of the molecule is Cc1cc(N2CCCC2)nc(Nc2ccc(NS(=O)(=O)c3ccc(F)cc3C)cc2)n1. The zero-order valence-corrected chi connectivity index (χ0v) is 18.2. The highest BCUT2D eigenvalue weighted by molar-refractivity contribution is 7.92. The van der Waals surface area contributed by atoms with Crippen molar-refractivity contribution in [2.75, 3.05) is 28.0 Å². The highest BCUT2D eigenvalue weighted by Crippen LogP contribution is 2.24. The minimum Gasteiger partial charge on any atom is -0.356 e. The van der Waals surface area contributed by atoms with Crippen LogP contribution in [0.2, 0.25) is 0 Å². The molecule has 0 radical (unpaired) electrons. The van der Waals surface area contributed by atoms with Crippen LogP contribution in [0.3, 0.4) is 0 Å². The summed E-state index contributed by atoms with van der Waals surface area (Å²) in [6, 6.07) is 12.4. The van der Waals surface area contributed by atoms with Crippen molar-refractivity contribution in [1.82, 2.24) is 9.97 Å². The van der Waals surface area contributed by atoms with E-state index in [1.165, 1.54) is 25.0 Å². The van der Waals surface area contributed by atoms with Crippen LogP contribution in [0.25, 0.3) is 0 Å². The minimum absolute atomic E-state index is 0.0405. The summed E-state index contributed by atoms with van der Waals surface area (Å²) in [6.07, 6.45) is 2.33. The Morgan fingerprint density at radius 2 is 1.61 bits per heavy atom. The molecule has 2 heterocycles. The maximum Gasteiger partial charge on any atom is 0.262 e. The predicted molar refractivity (Wildman–Crippen MR) is 120 cm³/mol. The molecular weight excluding hydrogens is 417 g/mol. The molecule has 1 aliphatic rings. The Balaban J connectivity index is 1.48. The van der Waals surface area contributed by atoms with Crippen LogP contribution in [0.5, 0.6) is 0 Å². The Kier molecular flexibility index (Phi) is 5.77. The Labute approximate surface area is 181 Å². The largest absolute Gasteiger partial charge is 0.356 e. The van der Waals surface area contributed by atoms with Gasteiger partial charge in [-0.1, -0.05) is 0 Å². The molecule has 162 valence electrons. The van der Waals surface area contributed by atoms with Crippen molar-refractivity contribution in [2.45, 2.75) is 31.6 Å². The number of aryl methyl sites for hydroxylation is 2. The average Bonchev–Trinajstić information content (AvgIpc) is 3.23. The smallest absolute Gasteiger partial charge is 0.262 e. The van der Waals surface area contributed by atoms with E-state index in [0.29, 0.717) is 17.2 Å². The van der Waals surface area contributed by atoms with Crippen LogP contribution in [0.4, 0.5) is 27.5 Å². The van der Waals surface area contributed by atoms with Crippen LogP contribution in [-0.4, -0.2) is 31.5 Å². The van der Waals surface area contributed by atoms with Gasteiger partial charge in [0.05, 0.1) is 4.90 Å². The molecule has 7 nitrogen and oxygen atoms in total. The van der Waals surface area contributed by atoms with Crippen molar-refractivity contribution in [3.05, 3.63) is 65.6 Å². The second kappa shape index (κ2) is 8.50. The first-order valence-electron chi connectivity index (χ1n) is 10.1. The molecule has 1 saturated heterocycles. The summed E-state index contributed by atoms with van der Waals surface area (Å²) >= 11 is 0. The molecule has 3 aromatic rings. The van der Waals surface area contributed by atoms with Gasteiger partial charge in [0.15, 0.2) is 0 Å². The number of benzene rings is 2. The number of anilines is 4. The van der Waals surface area contributed by atoms with E-state index in [2.05, 4.69) is 24.9 Å². The topological polar surface area (TPSA) is 87.2 Å². The quantitative estimate of drug-likeness (QED) is 0.590. The van der Waals surface area contributed by atoms with Crippen molar-refractivity contribution in [3.63, 3.8) is 0 Å². The van der Waals surface area contributed by atoms with Crippen molar-refractivity contribution >= 4 is 33.2 Å². The first-order valence-corrected chi connectivity index (χ1v) is 11.6. The molecule has 0 atom stereocenters. The van der Waals surface area contributed by atoms with Crippen molar-refractivity contribution in [1.29, 1.82) is 0 Å². The molecule has 1 aromatic heterocycles. The summed E-state index contributed by atoms with van der Waals surface area (Å²) in [5.41, 5.74) is 2.35. The van der Waals surface area contributed by atoms with Gasteiger partial charge in [-0.25, -0.2) is 17.8 Å². The first-order chi connectivity index (χ1) is 14.8. The molecule has 2 N–H and O–H groups in total. The van der Waals surface area contributed by atoms with Gasteiger partial charge >= 0.3 is 0 Å². The van der Waals surface area contributed by atoms with Gasteiger partial charge in [0.25, 0.3) is 10.0 Å². The van der Waals surface area contributed by atoms with Gasteiger partial charge in [0, 0.05) is 36.2 Å². The normalized spacial score (nSPS) is 14.0. The van der Waals surface area contributed by atoms with E-state index >= 15 is 0 Å². The van der Waals surface area contributed by atoms with Crippen LogP contribution in [0.15, 0.2) is 53.4 Å². The fourth-order valence-electron chi connectivity index (χ4n) is 3.59. The van der Waals surface area contributed by atoms with E-state index in [-0.39, 0.29) is 4.90 Å². The Hall–Kier alpha value is -3.20. The Morgan fingerprint density at radius 1 is 0.935 bits per heavy atom. The molecule has 9 heteroatoms. The number of hydrogen-bond acceptors (Lipinski definition) is 6. The zero-order chi connectivity index (χ0) is 22.0. The first kappa shape index (κ1) is 21.0. The summed E-state index contributed by atoms with van der Waals surface area (Å²) in [7, 11) is -3.82. The van der Waals surface area contributed by atoms with Gasteiger partial charge in [0.1, 0.15) is 11.6 Å². The van der Waals surface area contributed by atoms with Gasteiger partial charge in [-0.15, -0.1) is 0 Å². The molecule has 0 unspecified atom stereocenters. The lowest BCUT2D eigenvalue weighted by Crippen LogP contribution is -2.19. The summed E-state index contributed by atoms with van der Waals surface area (Å²) in [4.78, 5) is 11.3. The number of nitrogens with one attached hydrogen (secondary N) is 2.